The molecule has 0 aliphatic carbocycles. The number of rotatable bonds is 2. The van der Waals surface area contributed by atoms with Crippen molar-refractivity contribution in [3.8, 4) is 0 Å². The number of nitrogens with two attached hydrogens (primary N) is 1. The lowest BCUT2D eigenvalue weighted by molar-refractivity contribution is 0.102. The average molecular weight is 276 g/mol. The van der Waals surface area contributed by atoms with Crippen LogP contribution in [-0.4, -0.2) is 10.9 Å². The molecule has 98 valence electrons. The van der Waals surface area contributed by atoms with Crippen molar-refractivity contribution >= 4 is 28.9 Å². The van der Waals surface area contributed by atoms with Crippen LogP contribution in [0.15, 0.2) is 30.5 Å². The third kappa shape index (κ3) is 3.23. The van der Waals surface area contributed by atoms with Crippen LogP contribution in [0.25, 0.3) is 0 Å². The second-order valence-corrected chi connectivity index (χ2v) is 4.80. The van der Waals surface area contributed by atoms with Crippen molar-refractivity contribution in [1.29, 1.82) is 0 Å². The first-order chi connectivity index (χ1) is 8.95. The van der Waals surface area contributed by atoms with Crippen LogP contribution in [0.5, 0.6) is 0 Å². The number of nitrogen functional groups attached to an aromatic ring is 1. The number of anilines is 2. The fraction of sp³-hybridized carbons (Fsp3) is 0.143. The van der Waals surface area contributed by atoms with Gasteiger partial charge >= 0.3 is 0 Å². The van der Waals surface area contributed by atoms with Gasteiger partial charge in [-0.15, -0.1) is 0 Å². The molecule has 0 saturated carbocycles. The molecule has 1 amide bonds. The molecule has 0 atom stereocenters. The van der Waals surface area contributed by atoms with Crippen LogP contribution in [-0.2, 0) is 0 Å². The molecule has 1 aromatic heterocycles. The molecule has 0 saturated heterocycles. The first-order valence-corrected chi connectivity index (χ1v) is 6.14. The highest BCUT2D eigenvalue weighted by molar-refractivity contribution is 6.32. The SMILES string of the molecule is Cc1cc(N)cc(C(=O)Nc2cc(C)cnc2Cl)c1. The standard InChI is InChI=1S/C14H14ClN3O/c1-8-3-10(6-11(16)4-8)14(19)18-12-5-9(2)7-17-13(12)15/h3-7H,16H2,1-2H3,(H,18,19). The van der Waals surface area contributed by atoms with Crippen molar-refractivity contribution in [1.82, 2.24) is 4.98 Å². The van der Waals surface area contributed by atoms with Crippen molar-refractivity contribution in [2.45, 2.75) is 13.8 Å². The number of pyridine rings is 1. The molecule has 0 fully saturated rings. The van der Waals surface area contributed by atoms with Gasteiger partial charge in [0.25, 0.3) is 5.91 Å². The van der Waals surface area contributed by atoms with Crippen LogP contribution in [0.4, 0.5) is 11.4 Å². The minimum Gasteiger partial charge on any atom is -0.399 e. The highest BCUT2D eigenvalue weighted by Crippen LogP contribution is 2.21. The van der Waals surface area contributed by atoms with E-state index in [4.69, 9.17) is 17.3 Å². The summed E-state index contributed by atoms with van der Waals surface area (Å²) in [5, 5.41) is 3.00. The van der Waals surface area contributed by atoms with E-state index in [0.29, 0.717) is 16.9 Å². The third-order valence-corrected chi connectivity index (χ3v) is 2.89. The first kappa shape index (κ1) is 13.4. The second-order valence-electron chi connectivity index (χ2n) is 4.44. The predicted molar refractivity (Wildman–Crippen MR) is 77.5 cm³/mol. The molecule has 0 bridgehead atoms. The summed E-state index contributed by atoms with van der Waals surface area (Å²) in [6, 6.07) is 6.96. The summed E-state index contributed by atoms with van der Waals surface area (Å²) in [6.07, 6.45) is 1.64. The third-order valence-electron chi connectivity index (χ3n) is 2.59. The van der Waals surface area contributed by atoms with Crippen molar-refractivity contribution < 1.29 is 4.79 Å². The molecule has 0 unspecified atom stereocenters. The molecule has 1 heterocycles. The molecular weight excluding hydrogens is 262 g/mol. The van der Waals surface area contributed by atoms with E-state index < -0.39 is 0 Å². The van der Waals surface area contributed by atoms with E-state index in [1.54, 1.807) is 30.5 Å². The molecule has 0 spiro atoms. The summed E-state index contributed by atoms with van der Waals surface area (Å²) in [4.78, 5) is 16.1. The van der Waals surface area contributed by atoms with Crippen molar-refractivity contribution in [2.75, 3.05) is 11.1 Å². The predicted octanol–water partition coefficient (Wildman–Crippen LogP) is 3.19. The molecule has 5 heteroatoms. The van der Waals surface area contributed by atoms with Gasteiger partial charge in [-0.2, -0.15) is 0 Å². The van der Waals surface area contributed by atoms with Gasteiger partial charge in [0.1, 0.15) is 0 Å². The van der Waals surface area contributed by atoms with Crippen LogP contribution >= 0.6 is 11.6 Å². The molecule has 2 rings (SSSR count). The Hall–Kier alpha value is -2.07. The number of aryl methyl sites for hydroxylation is 2. The average Bonchev–Trinajstić information content (AvgIpc) is 2.32. The van der Waals surface area contributed by atoms with Gasteiger partial charge in [0.2, 0.25) is 0 Å². The van der Waals surface area contributed by atoms with E-state index in [1.165, 1.54) is 0 Å². The Labute approximate surface area is 116 Å². The topological polar surface area (TPSA) is 68.0 Å². The fourth-order valence-electron chi connectivity index (χ4n) is 1.78. The maximum absolute atomic E-state index is 12.1. The summed E-state index contributed by atoms with van der Waals surface area (Å²) in [7, 11) is 0. The minimum absolute atomic E-state index is 0.260. The first-order valence-electron chi connectivity index (χ1n) is 5.76. The number of carbonyl (C=O) groups is 1. The summed E-state index contributed by atoms with van der Waals surface area (Å²) < 4.78 is 0. The number of nitrogens with zero attached hydrogens (tertiary/aromatic N) is 1. The number of amides is 1. The Morgan fingerprint density at radius 3 is 2.63 bits per heavy atom. The van der Waals surface area contributed by atoms with Crippen LogP contribution in [0, 0.1) is 13.8 Å². The fourth-order valence-corrected chi connectivity index (χ4v) is 1.93. The monoisotopic (exact) mass is 275 g/mol. The lowest BCUT2D eigenvalue weighted by atomic mass is 10.1. The van der Waals surface area contributed by atoms with Gasteiger partial charge in [-0.05, 0) is 49.2 Å². The van der Waals surface area contributed by atoms with Crippen molar-refractivity contribution in [3.63, 3.8) is 0 Å². The Morgan fingerprint density at radius 1 is 1.21 bits per heavy atom. The van der Waals surface area contributed by atoms with E-state index in [1.807, 2.05) is 13.8 Å². The van der Waals surface area contributed by atoms with Gasteiger partial charge in [-0.3, -0.25) is 4.79 Å². The molecule has 3 N–H and O–H groups in total. The summed E-state index contributed by atoms with van der Waals surface area (Å²) in [6.45, 7) is 3.76. The zero-order chi connectivity index (χ0) is 14.0. The quantitative estimate of drug-likeness (QED) is 0.653. The molecule has 0 aliphatic rings. The molecule has 1 aromatic carbocycles. The van der Waals surface area contributed by atoms with Crippen LogP contribution in [0.2, 0.25) is 5.15 Å². The van der Waals surface area contributed by atoms with Gasteiger partial charge in [-0.1, -0.05) is 11.6 Å². The number of carbonyl (C=O) groups excluding carboxylic acids is 1. The molecule has 2 aromatic rings. The summed E-state index contributed by atoms with van der Waals surface area (Å²) >= 11 is 5.94. The van der Waals surface area contributed by atoms with Crippen LogP contribution in [0.3, 0.4) is 0 Å². The maximum Gasteiger partial charge on any atom is 0.255 e. The maximum atomic E-state index is 12.1. The van der Waals surface area contributed by atoms with Gasteiger partial charge in [0.05, 0.1) is 5.69 Å². The Morgan fingerprint density at radius 2 is 1.95 bits per heavy atom. The summed E-state index contributed by atoms with van der Waals surface area (Å²) in [5.41, 5.74) is 9.12. The molecule has 0 radical (unpaired) electrons. The Bertz CT molecular complexity index is 620. The number of nitrogens with one attached hydrogen (secondary N) is 1. The zero-order valence-electron chi connectivity index (χ0n) is 10.7. The van der Waals surface area contributed by atoms with Gasteiger partial charge in [0, 0.05) is 17.4 Å². The second kappa shape index (κ2) is 5.28. The van der Waals surface area contributed by atoms with Crippen molar-refractivity contribution in [2.24, 2.45) is 0 Å². The normalized spacial score (nSPS) is 10.3. The Kier molecular flexibility index (Phi) is 3.71. The van der Waals surface area contributed by atoms with E-state index >= 15 is 0 Å². The number of hydrogen-bond acceptors (Lipinski definition) is 3. The summed E-state index contributed by atoms with van der Waals surface area (Å²) in [5.74, 6) is -0.260. The van der Waals surface area contributed by atoms with Gasteiger partial charge in [-0.25, -0.2) is 4.98 Å². The molecule has 19 heavy (non-hydrogen) atoms. The molecule has 0 aliphatic heterocycles. The Balaban J connectivity index is 2.28. The number of benzene rings is 1. The van der Waals surface area contributed by atoms with E-state index in [0.717, 1.165) is 11.1 Å². The van der Waals surface area contributed by atoms with Gasteiger partial charge < -0.3 is 11.1 Å². The largest absolute Gasteiger partial charge is 0.399 e. The van der Waals surface area contributed by atoms with Crippen molar-refractivity contribution in [3.05, 3.63) is 52.3 Å². The number of hydrogen-bond donors (Lipinski definition) is 2. The molecule has 4 nitrogen and oxygen atoms in total. The highest BCUT2D eigenvalue weighted by Gasteiger charge is 2.10. The van der Waals surface area contributed by atoms with Crippen LogP contribution in [0.1, 0.15) is 21.5 Å². The molecular formula is C14H14ClN3O. The minimum atomic E-state index is -0.260. The lowest BCUT2D eigenvalue weighted by Crippen LogP contribution is -2.13. The van der Waals surface area contributed by atoms with E-state index in [-0.39, 0.29) is 11.1 Å². The smallest absolute Gasteiger partial charge is 0.255 e. The highest BCUT2D eigenvalue weighted by atomic mass is 35.5. The van der Waals surface area contributed by atoms with E-state index in [9.17, 15) is 4.79 Å². The zero-order valence-corrected chi connectivity index (χ0v) is 11.5. The number of aromatic nitrogens is 1. The van der Waals surface area contributed by atoms with Gasteiger partial charge in [0.15, 0.2) is 5.15 Å². The van der Waals surface area contributed by atoms with Crippen LogP contribution < -0.4 is 11.1 Å². The lowest BCUT2D eigenvalue weighted by Gasteiger charge is -2.08. The van der Waals surface area contributed by atoms with E-state index in [2.05, 4.69) is 10.3 Å². The number of halogens is 1.